The van der Waals surface area contributed by atoms with E-state index in [1.165, 1.54) is 27.7 Å². The Labute approximate surface area is 292 Å². The monoisotopic (exact) mass is 647 g/mol. The van der Waals surface area contributed by atoms with E-state index >= 15 is 0 Å². The summed E-state index contributed by atoms with van der Waals surface area (Å²) in [6.45, 7) is 13.5. The van der Waals surface area contributed by atoms with E-state index < -0.39 is 0 Å². The van der Waals surface area contributed by atoms with Gasteiger partial charge < -0.3 is 13.7 Å². The van der Waals surface area contributed by atoms with Crippen LogP contribution in [0.15, 0.2) is 128 Å². The molecule has 0 atom stereocenters. The summed E-state index contributed by atoms with van der Waals surface area (Å²) < 4.78 is 6.97. The zero-order chi connectivity index (χ0) is 34.2. The summed E-state index contributed by atoms with van der Waals surface area (Å²) >= 11 is 0. The molecule has 0 amide bonds. The number of hydrogen-bond donors (Lipinski definition) is 0. The van der Waals surface area contributed by atoms with E-state index in [4.69, 9.17) is 9.97 Å². The van der Waals surface area contributed by atoms with Crippen molar-refractivity contribution in [1.82, 2.24) is 23.7 Å². The molecular formula is C45H37N5. The first kappa shape index (κ1) is 30.9. The molecule has 2 aliphatic rings. The van der Waals surface area contributed by atoms with Crippen LogP contribution in [0.4, 0.5) is 0 Å². The fourth-order valence-electron chi connectivity index (χ4n) is 7.37. The number of aromatic nitrogens is 5. The molecule has 0 radical (unpaired) electrons. The summed E-state index contributed by atoms with van der Waals surface area (Å²) in [7, 11) is 0. The molecule has 1 aromatic carbocycles. The van der Waals surface area contributed by atoms with Crippen LogP contribution in [-0.4, -0.2) is 23.7 Å². The molecule has 0 fully saturated rings. The summed E-state index contributed by atoms with van der Waals surface area (Å²) in [5.74, 6) is 0. The molecule has 242 valence electrons. The molecular weight excluding hydrogens is 611 g/mol. The van der Waals surface area contributed by atoms with Crippen molar-refractivity contribution >= 4 is 74.7 Å². The van der Waals surface area contributed by atoms with Gasteiger partial charge in [-0.2, -0.15) is 0 Å². The summed E-state index contributed by atoms with van der Waals surface area (Å²) in [6, 6.07) is 15.0. The number of rotatable bonds is 8. The average molecular weight is 648 g/mol. The topological polar surface area (TPSA) is 40.6 Å². The Kier molecular flexibility index (Phi) is 7.96. The second-order valence-electron chi connectivity index (χ2n) is 12.4. The fourth-order valence-corrected chi connectivity index (χ4v) is 7.37. The van der Waals surface area contributed by atoms with Crippen LogP contribution < -0.4 is 0 Å². The largest absolute Gasteiger partial charge is 0.340 e. The van der Waals surface area contributed by atoms with Crippen molar-refractivity contribution in [2.24, 2.45) is 0 Å². The van der Waals surface area contributed by atoms with Gasteiger partial charge in [0.2, 0.25) is 0 Å². The maximum atomic E-state index is 4.80. The van der Waals surface area contributed by atoms with Gasteiger partial charge >= 0.3 is 0 Å². The first-order valence-electron chi connectivity index (χ1n) is 17.0. The molecule has 5 aromatic heterocycles. The van der Waals surface area contributed by atoms with Gasteiger partial charge in [-0.25, -0.2) is 0 Å². The zero-order valence-electron chi connectivity index (χ0n) is 28.3. The van der Waals surface area contributed by atoms with Gasteiger partial charge in [-0.1, -0.05) is 73.9 Å². The third kappa shape index (κ3) is 5.04. The van der Waals surface area contributed by atoms with Gasteiger partial charge in [-0.3, -0.25) is 9.97 Å². The lowest BCUT2D eigenvalue weighted by molar-refractivity contribution is 0.807. The summed E-state index contributed by atoms with van der Waals surface area (Å²) in [6.07, 6.45) is 34.0. The van der Waals surface area contributed by atoms with Crippen LogP contribution in [-0.2, 0) is 13.0 Å². The third-order valence-corrected chi connectivity index (χ3v) is 9.50. The molecule has 0 aliphatic heterocycles. The molecule has 6 aromatic rings. The lowest BCUT2D eigenvalue weighted by Crippen LogP contribution is -2.06. The number of fused-ring (bicyclic) bond motifs is 7. The molecule has 5 heteroatoms. The van der Waals surface area contributed by atoms with Crippen LogP contribution in [0.2, 0.25) is 0 Å². The quantitative estimate of drug-likeness (QED) is 0.122. The molecule has 0 N–H and O–H groups in total. The van der Waals surface area contributed by atoms with E-state index in [0.717, 1.165) is 62.4 Å². The van der Waals surface area contributed by atoms with Gasteiger partial charge in [0.05, 0.1) is 22.4 Å². The van der Waals surface area contributed by atoms with Crippen molar-refractivity contribution in [1.29, 1.82) is 0 Å². The Balaban J connectivity index is 1.42. The predicted octanol–water partition coefficient (Wildman–Crippen LogP) is 10.9. The van der Waals surface area contributed by atoms with Crippen molar-refractivity contribution < 1.29 is 0 Å². The molecule has 0 spiro atoms. The standard InChI is InChI=1S/C45H37N5/c1-5-16-34-36-18-11-9-13-20-40(36)49(38(34)7-3)32(6-2)30-33(50-41-21-14-26-46-44(41)45-42(50)22-15-27-47-45)25-28-48-39-19-12-8-10-17-35(39)37-24-23-31(4)29-43(37)48/h5-12,14-18,20-27,29-30H,2-3,19,28H2,1,4H3/b16-5-,32-30+,33-25+. The van der Waals surface area contributed by atoms with Crippen molar-refractivity contribution in [2.45, 2.75) is 26.8 Å². The normalized spacial score (nSPS) is 14.2. The number of allylic oxidation sites excluding steroid dienone is 11. The Morgan fingerprint density at radius 1 is 0.900 bits per heavy atom. The van der Waals surface area contributed by atoms with Crippen LogP contribution in [0.3, 0.4) is 0 Å². The molecule has 0 bridgehead atoms. The number of hydrogen-bond acceptors (Lipinski definition) is 2. The molecule has 0 saturated carbocycles. The lowest BCUT2D eigenvalue weighted by atomic mass is 10.1. The van der Waals surface area contributed by atoms with Crippen molar-refractivity contribution in [3.8, 4) is 0 Å². The molecule has 5 heterocycles. The number of aryl methyl sites for hydroxylation is 1. The number of pyridine rings is 2. The van der Waals surface area contributed by atoms with Crippen LogP contribution in [0.5, 0.6) is 0 Å². The smallest absolute Gasteiger partial charge is 0.115 e. The van der Waals surface area contributed by atoms with E-state index in [0.29, 0.717) is 6.54 Å². The minimum Gasteiger partial charge on any atom is -0.340 e. The summed E-state index contributed by atoms with van der Waals surface area (Å²) in [4.78, 5) is 9.59. The van der Waals surface area contributed by atoms with Crippen molar-refractivity contribution in [2.75, 3.05) is 0 Å². The maximum Gasteiger partial charge on any atom is 0.115 e. The highest BCUT2D eigenvalue weighted by atomic mass is 15.1. The highest BCUT2D eigenvalue weighted by molar-refractivity contribution is 6.06. The summed E-state index contributed by atoms with van der Waals surface area (Å²) in [5.41, 5.74) is 18.2. The highest BCUT2D eigenvalue weighted by Gasteiger charge is 2.21. The van der Waals surface area contributed by atoms with E-state index in [1.807, 2.05) is 61.8 Å². The maximum absolute atomic E-state index is 4.80. The average Bonchev–Trinajstić information content (AvgIpc) is 3.51. The van der Waals surface area contributed by atoms with Gasteiger partial charge in [0.1, 0.15) is 11.0 Å². The minimum atomic E-state index is 0.655. The number of nitrogens with zero attached hydrogens (tertiary/aromatic N) is 5. The SMILES string of the molecule is C=C/C(=C\C(=C/Cn1c2c(c3ccc(C)cc31)C=CC=CC2)n1c2cccnc2c2ncccc21)n1c2c(c(/C=C\C)c1C=C)C=CC=C=C2. The Morgan fingerprint density at radius 3 is 2.42 bits per heavy atom. The Hall–Kier alpha value is -6.42. The molecule has 0 unspecified atom stereocenters. The Morgan fingerprint density at radius 2 is 1.68 bits per heavy atom. The highest BCUT2D eigenvalue weighted by Crippen LogP contribution is 2.36. The first-order valence-corrected chi connectivity index (χ1v) is 17.0. The molecule has 5 nitrogen and oxygen atoms in total. The molecule has 50 heavy (non-hydrogen) atoms. The molecule has 0 saturated heterocycles. The van der Waals surface area contributed by atoms with Crippen LogP contribution in [0.1, 0.15) is 46.3 Å². The molecule has 8 rings (SSSR count). The van der Waals surface area contributed by atoms with Gasteiger partial charge in [0.25, 0.3) is 0 Å². The summed E-state index contributed by atoms with van der Waals surface area (Å²) in [5, 5.41) is 1.27. The minimum absolute atomic E-state index is 0.655. The van der Waals surface area contributed by atoms with Gasteiger partial charge in [0, 0.05) is 76.1 Å². The second-order valence-corrected chi connectivity index (χ2v) is 12.4. The third-order valence-electron chi connectivity index (χ3n) is 9.50. The zero-order valence-corrected chi connectivity index (χ0v) is 28.3. The second kappa shape index (κ2) is 12.9. The van der Waals surface area contributed by atoms with Crippen molar-refractivity contribution in [3.63, 3.8) is 0 Å². The van der Waals surface area contributed by atoms with Crippen molar-refractivity contribution in [3.05, 3.63) is 168 Å². The Bertz CT molecular complexity index is 2570. The van der Waals surface area contributed by atoms with Gasteiger partial charge in [-0.15, -0.1) is 5.73 Å². The van der Waals surface area contributed by atoms with Gasteiger partial charge in [-0.05, 0) is 80.1 Å². The van der Waals surface area contributed by atoms with Crippen LogP contribution >= 0.6 is 0 Å². The van der Waals surface area contributed by atoms with E-state index in [1.54, 1.807) is 0 Å². The molecule has 2 aliphatic carbocycles. The number of benzene rings is 1. The van der Waals surface area contributed by atoms with E-state index in [9.17, 15) is 0 Å². The fraction of sp³-hybridized carbons (Fsp3) is 0.0889. The predicted molar refractivity (Wildman–Crippen MR) is 213 cm³/mol. The van der Waals surface area contributed by atoms with Crippen LogP contribution in [0.25, 0.3) is 74.7 Å². The first-order chi connectivity index (χ1) is 24.6. The van der Waals surface area contributed by atoms with Crippen LogP contribution in [0, 0.1) is 6.92 Å². The lowest BCUT2D eigenvalue weighted by Gasteiger charge is -2.16. The van der Waals surface area contributed by atoms with Gasteiger partial charge in [0.15, 0.2) is 0 Å². The van der Waals surface area contributed by atoms with E-state index in [2.05, 4.69) is 125 Å². The van der Waals surface area contributed by atoms with E-state index in [-0.39, 0.29) is 0 Å².